The molecule has 1 unspecified atom stereocenters. The Hall–Kier alpha value is -1.75. The number of esters is 1. The number of hydrogen-bond donors (Lipinski definition) is 1. The summed E-state index contributed by atoms with van der Waals surface area (Å²) >= 11 is 0. The van der Waals surface area contributed by atoms with Crippen LogP contribution in [-0.4, -0.2) is 32.3 Å². The minimum absolute atomic E-state index is 0.0671. The lowest BCUT2D eigenvalue weighted by atomic mass is 10.1. The summed E-state index contributed by atoms with van der Waals surface area (Å²) in [6.07, 6.45) is 0. The molecule has 0 saturated heterocycles. The van der Waals surface area contributed by atoms with E-state index in [4.69, 9.17) is 14.2 Å². The van der Waals surface area contributed by atoms with Crippen LogP contribution >= 0.6 is 0 Å². The average Bonchev–Trinajstić information content (AvgIpc) is 2.42. The molecule has 0 saturated carbocycles. The van der Waals surface area contributed by atoms with Crippen molar-refractivity contribution in [1.82, 2.24) is 5.32 Å². The van der Waals surface area contributed by atoms with Crippen LogP contribution in [0, 0.1) is 0 Å². The Morgan fingerprint density at radius 2 is 1.90 bits per heavy atom. The van der Waals surface area contributed by atoms with Crippen LogP contribution in [0.5, 0.6) is 11.5 Å². The second-order valence-electron chi connectivity index (χ2n) is 5.80. The van der Waals surface area contributed by atoms with Crippen molar-refractivity contribution in [1.29, 1.82) is 0 Å². The van der Waals surface area contributed by atoms with Crippen LogP contribution in [0.3, 0.4) is 0 Å². The smallest absolute Gasteiger partial charge is 0.320 e. The first-order valence-electron chi connectivity index (χ1n) is 6.94. The van der Waals surface area contributed by atoms with Gasteiger partial charge in [0, 0.05) is 11.6 Å². The van der Waals surface area contributed by atoms with E-state index in [0.29, 0.717) is 0 Å². The monoisotopic (exact) mass is 295 g/mol. The van der Waals surface area contributed by atoms with Gasteiger partial charge in [0.15, 0.2) is 0 Å². The first-order valence-corrected chi connectivity index (χ1v) is 6.94. The quantitative estimate of drug-likeness (QED) is 0.818. The summed E-state index contributed by atoms with van der Waals surface area (Å²) in [6.45, 7) is 7.64. The van der Waals surface area contributed by atoms with Gasteiger partial charge in [0.2, 0.25) is 0 Å². The van der Waals surface area contributed by atoms with Gasteiger partial charge in [-0.3, -0.25) is 4.79 Å². The van der Waals surface area contributed by atoms with Gasteiger partial charge in [-0.25, -0.2) is 0 Å². The summed E-state index contributed by atoms with van der Waals surface area (Å²) in [6, 6.07) is 5.51. The van der Waals surface area contributed by atoms with Crippen molar-refractivity contribution in [2.24, 2.45) is 0 Å². The summed E-state index contributed by atoms with van der Waals surface area (Å²) in [7, 11) is 3.23. The second kappa shape index (κ2) is 7.31. The SMILES string of the molecule is COc1ccc(OC)c(C(C)NCC(=O)OC(C)(C)C)c1. The lowest BCUT2D eigenvalue weighted by Gasteiger charge is -2.21. The third kappa shape index (κ3) is 5.63. The van der Waals surface area contributed by atoms with Gasteiger partial charge in [0.25, 0.3) is 0 Å². The van der Waals surface area contributed by atoms with Crippen LogP contribution in [0.1, 0.15) is 39.3 Å². The Morgan fingerprint density at radius 3 is 2.43 bits per heavy atom. The predicted molar refractivity (Wildman–Crippen MR) is 81.8 cm³/mol. The Balaban J connectivity index is 2.71. The lowest BCUT2D eigenvalue weighted by molar-refractivity contribution is -0.153. The largest absolute Gasteiger partial charge is 0.497 e. The number of ether oxygens (including phenoxy) is 3. The van der Waals surface area contributed by atoms with Crippen LogP contribution in [-0.2, 0) is 9.53 Å². The summed E-state index contributed by atoms with van der Waals surface area (Å²) in [5.41, 5.74) is 0.454. The van der Waals surface area contributed by atoms with E-state index >= 15 is 0 Å². The van der Waals surface area contributed by atoms with Crippen molar-refractivity contribution in [2.75, 3.05) is 20.8 Å². The van der Waals surface area contributed by atoms with E-state index in [-0.39, 0.29) is 18.6 Å². The van der Waals surface area contributed by atoms with Crippen molar-refractivity contribution < 1.29 is 19.0 Å². The average molecular weight is 295 g/mol. The number of rotatable bonds is 6. The molecule has 0 spiro atoms. The molecule has 21 heavy (non-hydrogen) atoms. The molecule has 1 rings (SSSR count). The van der Waals surface area contributed by atoms with E-state index in [9.17, 15) is 4.79 Å². The molecule has 1 N–H and O–H groups in total. The number of carbonyl (C=O) groups excluding carboxylic acids is 1. The predicted octanol–water partition coefficient (Wildman–Crippen LogP) is 2.70. The highest BCUT2D eigenvalue weighted by Gasteiger charge is 2.18. The van der Waals surface area contributed by atoms with Crippen LogP contribution in [0.2, 0.25) is 0 Å². The fourth-order valence-electron chi connectivity index (χ4n) is 1.90. The Bertz CT molecular complexity index is 480. The van der Waals surface area contributed by atoms with Crippen LogP contribution in [0.15, 0.2) is 18.2 Å². The summed E-state index contributed by atoms with van der Waals surface area (Å²) in [5, 5.41) is 3.14. The highest BCUT2D eigenvalue weighted by atomic mass is 16.6. The molecule has 1 aromatic carbocycles. The fraction of sp³-hybridized carbons (Fsp3) is 0.562. The first-order chi connectivity index (χ1) is 9.76. The number of methoxy groups -OCH3 is 2. The van der Waals surface area contributed by atoms with Crippen molar-refractivity contribution in [2.45, 2.75) is 39.3 Å². The number of benzene rings is 1. The van der Waals surface area contributed by atoms with Crippen molar-refractivity contribution in [3.63, 3.8) is 0 Å². The zero-order valence-corrected chi connectivity index (χ0v) is 13.6. The molecule has 0 aliphatic heterocycles. The number of carbonyl (C=O) groups is 1. The van der Waals surface area contributed by atoms with E-state index in [1.165, 1.54) is 0 Å². The van der Waals surface area contributed by atoms with Gasteiger partial charge >= 0.3 is 5.97 Å². The molecule has 5 heteroatoms. The molecule has 0 fully saturated rings. The topological polar surface area (TPSA) is 56.8 Å². The zero-order chi connectivity index (χ0) is 16.0. The van der Waals surface area contributed by atoms with E-state index in [1.807, 2.05) is 45.9 Å². The van der Waals surface area contributed by atoms with Gasteiger partial charge in [0.05, 0.1) is 20.8 Å². The van der Waals surface area contributed by atoms with Crippen LogP contribution in [0.4, 0.5) is 0 Å². The number of nitrogens with one attached hydrogen (secondary N) is 1. The third-order valence-corrected chi connectivity index (χ3v) is 2.88. The van der Waals surface area contributed by atoms with Crippen molar-refractivity contribution in [3.8, 4) is 11.5 Å². The molecule has 0 radical (unpaired) electrons. The Kier molecular flexibility index (Phi) is 6.03. The molecular weight excluding hydrogens is 270 g/mol. The standard InChI is InChI=1S/C16H25NO4/c1-11(17-10-15(18)21-16(2,3)4)13-9-12(19-5)7-8-14(13)20-6/h7-9,11,17H,10H2,1-6H3. The van der Waals surface area contributed by atoms with Crippen molar-refractivity contribution >= 4 is 5.97 Å². The molecule has 0 bridgehead atoms. The fourth-order valence-corrected chi connectivity index (χ4v) is 1.90. The van der Waals surface area contributed by atoms with Gasteiger partial charge in [-0.1, -0.05) is 0 Å². The molecule has 1 atom stereocenters. The van der Waals surface area contributed by atoms with E-state index in [0.717, 1.165) is 17.1 Å². The van der Waals surface area contributed by atoms with Crippen molar-refractivity contribution in [3.05, 3.63) is 23.8 Å². The molecule has 5 nitrogen and oxygen atoms in total. The molecule has 0 aliphatic rings. The summed E-state index contributed by atoms with van der Waals surface area (Å²) in [4.78, 5) is 11.7. The maximum atomic E-state index is 11.7. The molecular formula is C16H25NO4. The van der Waals surface area contributed by atoms with Gasteiger partial charge in [-0.2, -0.15) is 0 Å². The summed E-state index contributed by atoms with van der Waals surface area (Å²) < 4.78 is 15.8. The highest BCUT2D eigenvalue weighted by Crippen LogP contribution is 2.29. The van der Waals surface area contributed by atoms with Gasteiger partial charge < -0.3 is 19.5 Å². The maximum absolute atomic E-state index is 11.7. The van der Waals surface area contributed by atoms with E-state index < -0.39 is 5.60 Å². The maximum Gasteiger partial charge on any atom is 0.320 e. The minimum atomic E-state index is -0.477. The Labute approximate surface area is 126 Å². The molecule has 118 valence electrons. The van der Waals surface area contributed by atoms with Gasteiger partial charge in [0.1, 0.15) is 17.1 Å². The minimum Gasteiger partial charge on any atom is -0.497 e. The lowest BCUT2D eigenvalue weighted by Crippen LogP contribution is -2.32. The molecule has 0 heterocycles. The van der Waals surface area contributed by atoms with Crippen LogP contribution in [0.25, 0.3) is 0 Å². The summed E-state index contributed by atoms with van der Waals surface area (Å²) in [5.74, 6) is 1.22. The van der Waals surface area contributed by atoms with E-state index in [1.54, 1.807) is 14.2 Å². The zero-order valence-electron chi connectivity index (χ0n) is 13.6. The molecule has 0 amide bonds. The third-order valence-electron chi connectivity index (χ3n) is 2.88. The molecule has 0 aromatic heterocycles. The number of hydrogen-bond acceptors (Lipinski definition) is 5. The second-order valence-corrected chi connectivity index (χ2v) is 5.80. The van der Waals surface area contributed by atoms with Crippen LogP contribution < -0.4 is 14.8 Å². The first kappa shape index (κ1) is 17.3. The molecule has 0 aliphatic carbocycles. The normalized spacial score (nSPS) is 12.7. The van der Waals surface area contributed by atoms with Gasteiger partial charge in [-0.15, -0.1) is 0 Å². The highest BCUT2D eigenvalue weighted by molar-refractivity contribution is 5.72. The van der Waals surface area contributed by atoms with Gasteiger partial charge in [-0.05, 0) is 45.9 Å². The molecule has 1 aromatic rings. The van der Waals surface area contributed by atoms with E-state index in [2.05, 4.69) is 5.32 Å². The Morgan fingerprint density at radius 1 is 1.24 bits per heavy atom.